The van der Waals surface area contributed by atoms with Gasteiger partial charge in [0.05, 0.1) is 16.1 Å². The fourth-order valence-corrected chi connectivity index (χ4v) is 4.68. The van der Waals surface area contributed by atoms with Gasteiger partial charge in [-0.05, 0) is 31.0 Å². The number of nitrogens with zero attached hydrogens (tertiary/aromatic N) is 2. The highest BCUT2D eigenvalue weighted by atomic mass is 32.2. The Morgan fingerprint density at radius 3 is 2.46 bits per heavy atom. The lowest BCUT2D eigenvalue weighted by molar-refractivity contribution is 0.0165. The highest BCUT2D eigenvalue weighted by Crippen LogP contribution is 2.30. The molecule has 2 N–H and O–H groups in total. The van der Waals surface area contributed by atoms with Crippen LogP contribution in [-0.4, -0.2) is 50.8 Å². The molecule has 2 aliphatic rings. The summed E-state index contributed by atoms with van der Waals surface area (Å²) in [5.41, 5.74) is 0.791. The van der Waals surface area contributed by atoms with Crippen LogP contribution in [0.2, 0.25) is 0 Å². The standard InChI is InChI=1S/C16H23N3O4S/c1-18-14-9-8-12(10-13(14)15(20)19(2)16(18)21)24(22,23)17-11-6-4-3-5-7-11/h8-11,16-17,21H,3-7H2,1-2H3. The number of fused-ring (bicyclic) bond motifs is 1. The molecule has 1 saturated carbocycles. The summed E-state index contributed by atoms with van der Waals surface area (Å²) in [5.74, 6) is -0.398. The van der Waals surface area contributed by atoms with Crippen LogP contribution in [0.3, 0.4) is 0 Å². The van der Waals surface area contributed by atoms with Gasteiger partial charge in [-0.1, -0.05) is 19.3 Å². The van der Waals surface area contributed by atoms with E-state index in [2.05, 4.69) is 4.72 Å². The molecule has 3 rings (SSSR count). The van der Waals surface area contributed by atoms with Gasteiger partial charge in [-0.2, -0.15) is 0 Å². The van der Waals surface area contributed by atoms with E-state index in [-0.39, 0.29) is 16.5 Å². The van der Waals surface area contributed by atoms with Crippen molar-refractivity contribution in [3.63, 3.8) is 0 Å². The van der Waals surface area contributed by atoms with Crippen LogP contribution in [0, 0.1) is 0 Å². The van der Waals surface area contributed by atoms with Crippen molar-refractivity contribution in [1.29, 1.82) is 0 Å². The van der Waals surface area contributed by atoms with E-state index in [1.54, 1.807) is 13.1 Å². The van der Waals surface area contributed by atoms with Crippen molar-refractivity contribution in [2.24, 2.45) is 0 Å². The largest absolute Gasteiger partial charge is 0.356 e. The highest BCUT2D eigenvalue weighted by Gasteiger charge is 2.33. The van der Waals surface area contributed by atoms with Crippen LogP contribution >= 0.6 is 0 Å². The molecule has 24 heavy (non-hydrogen) atoms. The molecule has 0 radical (unpaired) electrons. The SMILES string of the molecule is CN1C(=O)c2cc(S(=O)(=O)NC3CCCCC3)ccc2N(C)C1O. The van der Waals surface area contributed by atoms with Crippen molar-refractivity contribution < 1.29 is 18.3 Å². The molecule has 7 nitrogen and oxygen atoms in total. The van der Waals surface area contributed by atoms with E-state index in [1.807, 2.05) is 0 Å². The molecule has 1 aromatic carbocycles. The molecule has 0 bridgehead atoms. The van der Waals surface area contributed by atoms with E-state index in [4.69, 9.17) is 0 Å². The van der Waals surface area contributed by atoms with Gasteiger partial charge in [-0.25, -0.2) is 13.1 Å². The number of hydrogen-bond donors (Lipinski definition) is 2. The number of benzene rings is 1. The summed E-state index contributed by atoms with van der Waals surface area (Å²) in [7, 11) is -0.533. The average Bonchev–Trinajstić information content (AvgIpc) is 2.58. The topological polar surface area (TPSA) is 90.0 Å². The molecular formula is C16H23N3O4S. The molecule has 8 heteroatoms. The van der Waals surface area contributed by atoms with Crippen LogP contribution in [0.25, 0.3) is 0 Å². The predicted octanol–water partition coefficient (Wildman–Crippen LogP) is 1.10. The Bertz CT molecular complexity index is 744. The lowest BCUT2D eigenvalue weighted by Crippen LogP contribution is -2.52. The van der Waals surface area contributed by atoms with Crippen LogP contribution in [-0.2, 0) is 10.0 Å². The molecule has 1 fully saturated rings. The Hall–Kier alpha value is -1.64. The number of carbonyl (C=O) groups excluding carboxylic acids is 1. The molecule has 1 heterocycles. The first kappa shape index (κ1) is 17.2. The maximum absolute atomic E-state index is 12.6. The highest BCUT2D eigenvalue weighted by molar-refractivity contribution is 7.89. The minimum absolute atomic E-state index is 0.0392. The fourth-order valence-electron chi connectivity index (χ4n) is 3.35. The number of aliphatic hydroxyl groups is 1. The van der Waals surface area contributed by atoms with Gasteiger partial charge < -0.3 is 10.0 Å². The van der Waals surface area contributed by atoms with Gasteiger partial charge in [-0.3, -0.25) is 9.69 Å². The van der Waals surface area contributed by atoms with E-state index in [0.29, 0.717) is 5.69 Å². The molecule has 0 spiro atoms. The van der Waals surface area contributed by atoms with Gasteiger partial charge in [0.2, 0.25) is 16.4 Å². The monoisotopic (exact) mass is 353 g/mol. The Morgan fingerprint density at radius 2 is 1.79 bits per heavy atom. The van der Waals surface area contributed by atoms with Gasteiger partial charge >= 0.3 is 0 Å². The third-order valence-electron chi connectivity index (χ3n) is 4.83. The summed E-state index contributed by atoms with van der Waals surface area (Å²) in [6.07, 6.45) is 3.84. The number of sulfonamides is 1. The molecule has 1 aliphatic heterocycles. The van der Waals surface area contributed by atoms with Gasteiger partial charge in [0, 0.05) is 20.1 Å². The van der Waals surface area contributed by atoms with E-state index < -0.39 is 22.3 Å². The summed E-state index contributed by atoms with van der Waals surface area (Å²) in [6.45, 7) is 0. The Morgan fingerprint density at radius 1 is 1.12 bits per heavy atom. The second kappa shape index (κ2) is 6.34. The normalized spacial score (nSPS) is 22.6. The van der Waals surface area contributed by atoms with Crippen LogP contribution in [0.15, 0.2) is 23.1 Å². The van der Waals surface area contributed by atoms with Crippen molar-refractivity contribution in [1.82, 2.24) is 9.62 Å². The number of hydrogen-bond acceptors (Lipinski definition) is 5. The number of carbonyl (C=O) groups is 1. The zero-order chi connectivity index (χ0) is 17.5. The van der Waals surface area contributed by atoms with Gasteiger partial charge in [0.15, 0.2) is 0 Å². The summed E-state index contributed by atoms with van der Waals surface area (Å²) in [4.78, 5) is 15.2. The number of nitrogens with one attached hydrogen (secondary N) is 1. The number of amides is 1. The van der Waals surface area contributed by atoms with E-state index in [1.165, 1.54) is 29.0 Å². The summed E-state index contributed by atoms with van der Waals surface area (Å²) >= 11 is 0. The second-order valence-electron chi connectivity index (χ2n) is 6.51. The molecule has 1 amide bonds. The summed E-state index contributed by atoms with van der Waals surface area (Å²) in [6, 6.07) is 4.40. The molecule has 1 atom stereocenters. The van der Waals surface area contributed by atoms with E-state index in [0.717, 1.165) is 32.1 Å². The van der Waals surface area contributed by atoms with Crippen molar-refractivity contribution in [3.05, 3.63) is 23.8 Å². The van der Waals surface area contributed by atoms with Crippen molar-refractivity contribution in [2.75, 3.05) is 19.0 Å². The number of anilines is 1. The molecule has 0 aromatic heterocycles. The smallest absolute Gasteiger partial charge is 0.259 e. The summed E-state index contributed by atoms with van der Waals surface area (Å²) < 4.78 is 28.0. The molecule has 132 valence electrons. The third-order valence-corrected chi connectivity index (χ3v) is 6.35. The lowest BCUT2D eigenvalue weighted by atomic mass is 9.96. The van der Waals surface area contributed by atoms with Gasteiger partial charge in [0.25, 0.3) is 5.91 Å². The van der Waals surface area contributed by atoms with Crippen molar-refractivity contribution >= 4 is 21.6 Å². The molecule has 0 saturated heterocycles. The van der Waals surface area contributed by atoms with Gasteiger partial charge in [0.1, 0.15) is 0 Å². The predicted molar refractivity (Wildman–Crippen MR) is 90.1 cm³/mol. The lowest BCUT2D eigenvalue weighted by Gasteiger charge is -2.38. The molecular weight excluding hydrogens is 330 g/mol. The maximum Gasteiger partial charge on any atom is 0.259 e. The van der Waals surface area contributed by atoms with E-state index in [9.17, 15) is 18.3 Å². The van der Waals surface area contributed by atoms with Gasteiger partial charge in [-0.15, -0.1) is 0 Å². The Labute approximate surface area is 142 Å². The number of aliphatic hydroxyl groups excluding tert-OH is 1. The zero-order valence-corrected chi connectivity index (χ0v) is 14.7. The van der Waals surface area contributed by atoms with Crippen molar-refractivity contribution in [2.45, 2.75) is 49.4 Å². The van der Waals surface area contributed by atoms with Crippen LogP contribution in [0.4, 0.5) is 5.69 Å². The molecule has 1 aliphatic carbocycles. The van der Waals surface area contributed by atoms with Crippen molar-refractivity contribution in [3.8, 4) is 0 Å². The average molecular weight is 353 g/mol. The van der Waals surface area contributed by atoms with Crippen LogP contribution < -0.4 is 9.62 Å². The Kier molecular flexibility index (Phi) is 4.54. The minimum atomic E-state index is -3.67. The minimum Gasteiger partial charge on any atom is -0.356 e. The van der Waals surface area contributed by atoms with Crippen LogP contribution in [0.1, 0.15) is 42.5 Å². The molecule has 1 aromatic rings. The first-order valence-corrected chi connectivity index (χ1v) is 9.64. The summed E-state index contributed by atoms with van der Waals surface area (Å²) in [5, 5.41) is 10.0. The maximum atomic E-state index is 12.6. The second-order valence-corrected chi connectivity index (χ2v) is 8.22. The molecule has 1 unspecified atom stereocenters. The fraction of sp³-hybridized carbons (Fsp3) is 0.562. The third kappa shape index (κ3) is 3.01. The quantitative estimate of drug-likeness (QED) is 0.849. The van der Waals surface area contributed by atoms with Crippen LogP contribution in [0.5, 0.6) is 0 Å². The first-order chi connectivity index (χ1) is 11.3. The zero-order valence-electron chi connectivity index (χ0n) is 13.9. The number of rotatable bonds is 3. The Balaban J connectivity index is 1.91. The first-order valence-electron chi connectivity index (χ1n) is 8.16. The van der Waals surface area contributed by atoms with E-state index >= 15 is 0 Å².